The van der Waals surface area contributed by atoms with Gasteiger partial charge in [-0.2, -0.15) is 8.78 Å². The van der Waals surface area contributed by atoms with Gasteiger partial charge in [0.25, 0.3) is 0 Å². The zero-order chi connectivity index (χ0) is 14.6. The first-order valence-electron chi connectivity index (χ1n) is 5.19. The Morgan fingerprint density at radius 1 is 1.47 bits per heavy atom. The number of rotatable bonds is 4. The number of nitrogens with one attached hydrogen (secondary N) is 1. The summed E-state index contributed by atoms with van der Waals surface area (Å²) in [5, 5.41) is 2.72. The van der Waals surface area contributed by atoms with Crippen molar-refractivity contribution in [3.8, 4) is 5.75 Å². The van der Waals surface area contributed by atoms with E-state index in [0.717, 1.165) is 5.57 Å². The van der Waals surface area contributed by atoms with Crippen LogP contribution in [0.2, 0.25) is 5.02 Å². The number of benzene rings is 1. The topological polar surface area (TPSA) is 38.3 Å². The predicted molar refractivity (Wildman–Crippen MR) is 73.8 cm³/mol. The Morgan fingerprint density at radius 2 is 2.11 bits per heavy atom. The molecule has 0 radical (unpaired) electrons. The minimum atomic E-state index is -3.00. The lowest BCUT2D eigenvalue weighted by Gasteiger charge is -2.13. The van der Waals surface area contributed by atoms with Crippen LogP contribution in [0.4, 0.5) is 14.5 Å². The Morgan fingerprint density at radius 3 is 2.63 bits per heavy atom. The summed E-state index contributed by atoms with van der Waals surface area (Å²) in [5.74, 6) is -0.622. The zero-order valence-electron chi connectivity index (χ0n) is 10.1. The van der Waals surface area contributed by atoms with E-state index in [1.165, 1.54) is 18.2 Å². The normalized spacial score (nSPS) is 10.3. The van der Waals surface area contributed by atoms with Gasteiger partial charge in [0.1, 0.15) is 0 Å². The van der Waals surface area contributed by atoms with Crippen LogP contribution < -0.4 is 10.1 Å². The summed E-state index contributed by atoms with van der Waals surface area (Å²) in [7, 11) is 0. The number of anilines is 1. The van der Waals surface area contributed by atoms with Gasteiger partial charge in [-0.25, -0.2) is 0 Å². The summed E-state index contributed by atoms with van der Waals surface area (Å²) in [4.78, 5) is 11.6. The number of carbonyl (C=O) groups excluding carboxylic acids is 1. The van der Waals surface area contributed by atoms with Crippen molar-refractivity contribution < 1.29 is 18.3 Å². The van der Waals surface area contributed by atoms with Crippen LogP contribution in [0.5, 0.6) is 5.75 Å². The standard InChI is InChI=1S/C12H11BrClF2NO2/c1-6(2)3-10(18)17-9-5-7(14)4-8(13)11(9)19-12(15)16/h3-5,12H,1-2H3,(H,17,18). The molecule has 0 saturated heterocycles. The van der Waals surface area contributed by atoms with E-state index < -0.39 is 12.5 Å². The molecule has 7 heteroatoms. The Hall–Kier alpha value is -1.14. The van der Waals surface area contributed by atoms with Gasteiger partial charge in [-0.15, -0.1) is 0 Å². The summed E-state index contributed by atoms with van der Waals surface area (Å²) < 4.78 is 29.2. The van der Waals surface area contributed by atoms with Gasteiger partial charge in [0.05, 0.1) is 10.2 Å². The largest absolute Gasteiger partial charge is 0.431 e. The van der Waals surface area contributed by atoms with Crippen LogP contribution in [-0.2, 0) is 4.79 Å². The lowest BCUT2D eigenvalue weighted by molar-refractivity contribution is -0.112. The van der Waals surface area contributed by atoms with Crippen molar-refractivity contribution in [2.45, 2.75) is 20.5 Å². The average molecular weight is 355 g/mol. The molecule has 1 amide bonds. The van der Waals surface area contributed by atoms with Crippen molar-refractivity contribution in [2.24, 2.45) is 0 Å². The van der Waals surface area contributed by atoms with Gasteiger partial charge in [0.15, 0.2) is 5.75 Å². The molecule has 104 valence electrons. The molecule has 0 aliphatic rings. The van der Waals surface area contributed by atoms with Crippen molar-refractivity contribution in [1.29, 1.82) is 0 Å². The molecule has 1 rings (SSSR count). The molecule has 3 nitrogen and oxygen atoms in total. The van der Waals surface area contributed by atoms with Crippen molar-refractivity contribution >= 4 is 39.1 Å². The lowest BCUT2D eigenvalue weighted by Crippen LogP contribution is -2.12. The first-order valence-corrected chi connectivity index (χ1v) is 6.36. The predicted octanol–water partition coefficient (Wildman–Crippen LogP) is 4.61. The molecule has 0 heterocycles. The molecule has 0 atom stereocenters. The van der Waals surface area contributed by atoms with E-state index >= 15 is 0 Å². The number of amides is 1. The fourth-order valence-corrected chi connectivity index (χ4v) is 2.20. The number of hydrogen-bond acceptors (Lipinski definition) is 2. The van der Waals surface area contributed by atoms with Gasteiger partial charge in [0.2, 0.25) is 5.91 Å². The number of carbonyl (C=O) groups is 1. The summed E-state index contributed by atoms with van der Waals surface area (Å²) >= 11 is 8.87. The van der Waals surface area contributed by atoms with Crippen molar-refractivity contribution in [3.63, 3.8) is 0 Å². The minimum Gasteiger partial charge on any atom is -0.431 e. The van der Waals surface area contributed by atoms with Crippen molar-refractivity contribution in [1.82, 2.24) is 0 Å². The average Bonchev–Trinajstić information content (AvgIpc) is 2.21. The van der Waals surface area contributed by atoms with Crippen LogP contribution in [-0.4, -0.2) is 12.5 Å². The van der Waals surface area contributed by atoms with Gasteiger partial charge >= 0.3 is 6.61 Å². The molecular formula is C12H11BrClF2NO2. The number of hydrogen-bond donors (Lipinski definition) is 1. The Bertz CT molecular complexity index is 517. The molecule has 1 aromatic carbocycles. The zero-order valence-corrected chi connectivity index (χ0v) is 12.5. The van der Waals surface area contributed by atoms with Crippen LogP contribution in [0, 0.1) is 0 Å². The summed E-state index contributed by atoms with van der Waals surface area (Å²) in [6.07, 6.45) is 1.33. The molecule has 0 unspecified atom stereocenters. The van der Waals surface area contributed by atoms with Gasteiger partial charge in [-0.1, -0.05) is 17.2 Å². The molecule has 1 N–H and O–H groups in total. The Labute approximate surface area is 122 Å². The van der Waals surface area contributed by atoms with Crippen molar-refractivity contribution in [2.75, 3.05) is 5.32 Å². The second kappa shape index (κ2) is 6.86. The highest BCUT2D eigenvalue weighted by Gasteiger charge is 2.16. The Balaban J connectivity index is 3.10. The van der Waals surface area contributed by atoms with Crippen LogP contribution in [0.25, 0.3) is 0 Å². The highest BCUT2D eigenvalue weighted by atomic mass is 79.9. The van der Waals surface area contributed by atoms with Gasteiger partial charge in [-0.05, 0) is 41.9 Å². The summed E-state index contributed by atoms with van der Waals surface area (Å²) in [6.45, 7) is 0.477. The third-order valence-corrected chi connectivity index (χ3v) is 2.70. The lowest BCUT2D eigenvalue weighted by atomic mass is 10.2. The third kappa shape index (κ3) is 5.16. The minimum absolute atomic E-state index is 0.0715. The first kappa shape index (κ1) is 15.9. The van der Waals surface area contributed by atoms with Gasteiger partial charge < -0.3 is 10.1 Å². The second-order valence-electron chi connectivity index (χ2n) is 3.85. The second-order valence-corrected chi connectivity index (χ2v) is 5.14. The number of alkyl halides is 2. The first-order chi connectivity index (χ1) is 8.79. The van der Waals surface area contributed by atoms with E-state index in [4.69, 9.17) is 11.6 Å². The van der Waals surface area contributed by atoms with Crippen LogP contribution in [0.3, 0.4) is 0 Å². The maximum Gasteiger partial charge on any atom is 0.387 e. The van der Waals surface area contributed by atoms with E-state index in [0.29, 0.717) is 0 Å². The molecule has 0 bridgehead atoms. The summed E-state index contributed by atoms with van der Waals surface area (Å²) in [5.41, 5.74) is 0.845. The summed E-state index contributed by atoms with van der Waals surface area (Å²) in [6, 6.07) is 2.73. The van der Waals surface area contributed by atoms with Crippen LogP contribution >= 0.6 is 27.5 Å². The molecule has 0 aliphatic heterocycles. The number of halogens is 4. The van der Waals surface area contributed by atoms with E-state index in [1.54, 1.807) is 13.8 Å². The van der Waals surface area contributed by atoms with Crippen LogP contribution in [0.1, 0.15) is 13.8 Å². The van der Waals surface area contributed by atoms with Gasteiger partial charge in [0, 0.05) is 11.1 Å². The molecule has 0 aromatic heterocycles. The fourth-order valence-electron chi connectivity index (χ4n) is 1.29. The number of ether oxygens (including phenoxy) is 1. The third-order valence-electron chi connectivity index (χ3n) is 1.89. The molecule has 0 fully saturated rings. The smallest absolute Gasteiger partial charge is 0.387 e. The monoisotopic (exact) mass is 353 g/mol. The quantitative estimate of drug-likeness (QED) is 0.802. The van der Waals surface area contributed by atoms with Crippen molar-refractivity contribution in [3.05, 3.63) is 33.3 Å². The maximum absolute atomic E-state index is 12.3. The Kier molecular flexibility index (Phi) is 5.75. The molecule has 0 saturated carbocycles. The molecular weight excluding hydrogens is 343 g/mol. The molecule has 19 heavy (non-hydrogen) atoms. The highest BCUT2D eigenvalue weighted by molar-refractivity contribution is 9.10. The van der Waals surface area contributed by atoms with E-state index in [-0.39, 0.29) is 20.9 Å². The molecule has 0 spiro atoms. The van der Waals surface area contributed by atoms with Crippen LogP contribution in [0.15, 0.2) is 28.3 Å². The van der Waals surface area contributed by atoms with E-state index in [1.807, 2.05) is 0 Å². The molecule has 1 aromatic rings. The highest BCUT2D eigenvalue weighted by Crippen LogP contribution is 2.37. The van der Waals surface area contributed by atoms with E-state index in [9.17, 15) is 13.6 Å². The SMILES string of the molecule is CC(C)=CC(=O)Nc1cc(Cl)cc(Br)c1OC(F)F. The fraction of sp³-hybridized carbons (Fsp3) is 0.250. The number of allylic oxidation sites excluding steroid dienone is 1. The maximum atomic E-state index is 12.3. The molecule has 0 aliphatic carbocycles. The van der Waals surface area contributed by atoms with E-state index in [2.05, 4.69) is 26.0 Å². The van der Waals surface area contributed by atoms with Gasteiger partial charge in [-0.3, -0.25) is 4.79 Å².